The summed E-state index contributed by atoms with van der Waals surface area (Å²) < 4.78 is 10.5. The van der Waals surface area contributed by atoms with E-state index >= 15 is 0 Å². The molecule has 0 bridgehead atoms. The Hall–Kier alpha value is -2.49. The molecule has 0 aromatic heterocycles. The van der Waals surface area contributed by atoms with Gasteiger partial charge in [0.1, 0.15) is 5.84 Å². The summed E-state index contributed by atoms with van der Waals surface area (Å²) in [5.41, 5.74) is 8.14. The summed E-state index contributed by atoms with van der Waals surface area (Å²) in [6.07, 6.45) is 0. The molecule has 0 radical (unpaired) electrons. The molecule has 19 heavy (non-hydrogen) atoms. The van der Waals surface area contributed by atoms with Crippen molar-refractivity contribution in [3.8, 4) is 22.6 Å². The standard InChI is InChI=1S/C15H16N2O2/c1-18-13-8-7-10(9-14(13)19-2)11-5-3-4-6-12(11)15(16)17/h3-9H,1-2H3,(H3,16,17). The Morgan fingerprint density at radius 2 is 1.68 bits per heavy atom. The zero-order chi connectivity index (χ0) is 13.8. The Morgan fingerprint density at radius 1 is 1.00 bits per heavy atom. The van der Waals surface area contributed by atoms with Gasteiger partial charge >= 0.3 is 0 Å². The molecule has 0 saturated heterocycles. The van der Waals surface area contributed by atoms with Crippen molar-refractivity contribution in [2.24, 2.45) is 5.73 Å². The lowest BCUT2D eigenvalue weighted by Gasteiger charge is -2.12. The zero-order valence-corrected chi connectivity index (χ0v) is 10.9. The fraction of sp³-hybridized carbons (Fsp3) is 0.133. The van der Waals surface area contributed by atoms with Crippen molar-refractivity contribution < 1.29 is 9.47 Å². The van der Waals surface area contributed by atoms with Crippen LogP contribution in [-0.4, -0.2) is 20.1 Å². The molecule has 0 aliphatic rings. The highest BCUT2D eigenvalue weighted by molar-refractivity contribution is 6.01. The van der Waals surface area contributed by atoms with E-state index < -0.39 is 0 Å². The van der Waals surface area contributed by atoms with Crippen LogP contribution >= 0.6 is 0 Å². The van der Waals surface area contributed by atoms with Crippen LogP contribution in [0.3, 0.4) is 0 Å². The summed E-state index contributed by atoms with van der Waals surface area (Å²) in [4.78, 5) is 0. The maximum absolute atomic E-state index is 7.62. The molecular formula is C15H16N2O2. The third-order valence-electron chi connectivity index (χ3n) is 2.91. The van der Waals surface area contributed by atoms with Crippen molar-refractivity contribution in [2.45, 2.75) is 0 Å². The SMILES string of the molecule is COc1ccc(-c2ccccc2C(=N)N)cc1OC. The van der Waals surface area contributed by atoms with Crippen LogP contribution in [-0.2, 0) is 0 Å². The topological polar surface area (TPSA) is 68.3 Å². The first-order chi connectivity index (χ1) is 9.17. The van der Waals surface area contributed by atoms with E-state index in [0.29, 0.717) is 17.1 Å². The third-order valence-corrected chi connectivity index (χ3v) is 2.91. The van der Waals surface area contributed by atoms with Gasteiger partial charge in [0.2, 0.25) is 0 Å². The van der Waals surface area contributed by atoms with E-state index in [0.717, 1.165) is 11.1 Å². The first kappa shape index (κ1) is 13.0. The number of rotatable bonds is 4. The number of amidine groups is 1. The van der Waals surface area contributed by atoms with Gasteiger partial charge in [-0.1, -0.05) is 30.3 Å². The molecule has 0 spiro atoms. The fourth-order valence-corrected chi connectivity index (χ4v) is 1.97. The second kappa shape index (κ2) is 5.44. The maximum Gasteiger partial charge on any atom is 0.161 e. The van der Waals surface area contributed by atoms with Crippen molar-refractivity contribution in [3.05, 3.63) is 48.0 Å². The molecule has 3 N–H and O–H groups in total. The van der Waals surface area contributed by atoms with Crippen molar-refractivity contribution in [1.29, 1.82) is 5.41 Å². The number of benzene rings is 2. The summed E-state index contributed by atoms with van der Waals surface area (Å²) in [5, 5.41) is 7.62. The second-order valence-corrected chi connectivity index (χ2v) is 4.03. The smallest absolute Gasteiger partial charge is 0.161 e. The van der Waals surface area contributed by atoms with E-state index in [1.165, 1.54) is 0 Å². The molecule has 0 heterocycles. The molecule has 0 aliphatic carbocycles. The van der Waals surface area contributed by atoms with Gasteiger partial charge in [-0.2, -0.15) is 0 Å². The fourth-order valence-electron chi connectivity index (χ4n) is 1.97. The number of nitrogen functional groups attached to an aromatic ring is 1. The Labute approximate surface area is 112 Å². The number of methoxy groups -OCH3 is 2. The number of nitrogens with two attached hydrogens (primary N) is 1. The lowest BCUT2D eigenvalue weighted by Crippen LogP contribution is -2.12. The molecule has 2 aromatic carbocycles. The highest BCUT2D eigenvalue weighted by Gasteiger charge is 2.10. The average molecular weight is 256 g/mol. The molecule has 0 atom stereocenters. The molecule has 4 nitrogen and oxygen atoms in total. The van der Waals surface area contributed by atoms with Crippen LogP contribution in [0.15, 0.2) is 42.5 Å². The van der Waals surface area contributed by atoms with Crippen molar-refractivity contribution in [1.82, 2.24) is 0 Å². The van der Waals surface area contributed by atoms with Crippen LogP contribution in [0.2, 0.25) is 0 Å². The van der Waals surface area contributed by atoms with Gasteiger partial charge < -0.3 is 15.2 Å². The molecule has 0 saturated carbocycles. The van der Waals surface area contributed by atoms with Crippen molar-refractivity contribution >= 4 is 5.84 Å². The first-order valence-electron chi connectivity index (χ1n) is 5.83. The normalized spacial score (nSPS) is 10.0. The lowest BCUT2D eigenvalue weighted by atomic mass is 9.99. The van der Waals surface area contributed by atoms with Crippen LogP contribution in [0.1, 0.15) is 5.56 Å². The van der Waals surface area contributed by atoms with Crippen LogP contribution in [0.5, 0.6) is 11.5 Å². The number of hydrogen-bond donors (Lipinski definition) is 2. The number of hydrogen-bond acceptors (Lipinski definition) is 3. The molecule has 0 aliphatic heterocycles. The Balaban J connectivity index is 2.56. The van der Waals surface area contributed by atoms with E-state index in [9.17, 15) is 0 Å². The van der Waals surface area contributed by atoms with Gasteiger partial charge in [0, 0.05) is 5.56 Å². The summed E-state index contributed by atoms with van der Waals surface area (Å²) >= 11 is 0. The van der Waals surface area contributed by atoms with E-state index in [1.807, 2.05) is 42.5 Å². The Bertz CT molecular complexity index is 609. The van der Waals surface area contributed by atoms with Crippen LogP contribution in [0.25, 0.3) is 11.1 Å². The van der Waals surface area contributed by atoms with Crippen LogP contribution in [0, 0.1) is 5.41 Å². The van der Waals surface area contributed by atoms with Gasteiger partial charge in [-0.3, -0.25) is 5.41 Å². The number of nitrogens with one attached hydrogen (secondary N) is 1. The Morgan fingerprint density at radius 3 is 2.32 bits per heavy atom. The molecule has 0 amide bonds. The average Bonchev–Trinajstić information content (AvgIpc) is 2.46. The summed E-state index contributed by atoms with van der Waals surface area (Å²) in [6, 6.07) is 13.2. The van der Waals surface area contributed by atoms with E-state index in [4.69, 9.17) is 20.6 Å². The Kier molecular flexibility index (Phi) is 3.71. The largest absolute Gasteiger partial charge is 0.493 e. The maximum atomic E-state index is 7.62. The molecular weight excluding hydrogens is 240 g/mol. The number of ether oxygens (including phenoxy) is 2. The summed E-state index contributed by atoms with van der Waals surface area (Å²) in [6.45, 7) is 0. The molecule has 0 fully saturated rings. The molecule has 0 unspecified atom stereocenters. The minimum absolute atomic E-state index is 0.0467. The van der Waals surface area contributed by atoms with E-state index in [-0.39, 0.29) is 5.84 Å². The summed E-state index contributed by atoms with van der Waals surface area (Å²) in [5.74, 6) is 1.37. The van der Waals surface area contributed by atoms with Gasteiger partial charge in [0.15, 0.2) is 11.5 Å². The monoisotopic (exact) mass is 256 g/mol. The van der Waals surface area contributed by atoms with Crippen molar-refractivity contribution in [2.75, 3.05) is 14.2 Å². The second-order valence-electron chi connectivity index (χ2n) is 4.03. The molecule has 2 aromatic rings. The van der Waals surface area contributed by atoms with Gasteiger partial charge in [0.05, 0.1) is 14.2 Å². The molecule has 4 heteroatoms. The highest BCUT2D eigenvalue weighted by atomic mass is 16.5. The highest BCUT2D eigenvalue weighted by Crippen LogP contribution is 2.33. The van der Waals surface area contributed by atoms with Gasteiger partial charge in [0.25, 0.3) is 0 Å². The lowest BCUT2D eigenvalue weighted by molar-refractivity contribution is 0.355. The summed E-state index contributed by atoms with van der Waals surface area (Å²) in [7, 11) is 3.19. The molecule has 98 valence electrons. The molecule has 2 rings (SSSR count). The quantitative estimate of drug-likeness (QED) is 0.652. The van der Waals surface area contributed by atoms with Gasteiger partial charge in [-0.05, 0) is 23.3 Å². The predicted molar refractivity (Wildman–Crippen MR) is 76.0 cm³/mol. The minimum Gasteiger partial charge on any atom is -0.493 e. The first-order valence-corrected chi connectivity index (χ1v) is 5.83. The van der Waals surface area contributed by atoms with E-state index in [2.05, 4.69) is 0 Å². The predicted octanol–water partition coefficient (Wildman–Crippen LogP) is 2.65. The zero-order valence-electron chi connectivity index (χ0n) is 10.9. The van der Waals surface area contributed by atoms with Crippen LogP contribution in [0.4, 0.5) is 0 Å². The minimum atomic E-state index is 0.0467. The van der Waals surface area contributed by atoms with Crippen molar-refractivity contribution in [3.63, 3.8) is 0 Å². The van der Waals surface area contributed by atoms with Gasteiger partial charge in [-0.25, -0.2) is 0 Å². The third kappa shape index (κ3) is 2.52. The van der Waals surface area contributed by atoms with Crippen LogP contribution < -0.4 is 15.2 Å². The van der Waals surface area contributed by atoms with E-state index in [1.54, 1.807) is 14.2 Å². The van der Waals surface area contributed by atoms with Gasteiger partial charge in [-0.15, -0.1) is 0 Å².